The van der Waals surface area contributed by atoms with E-state index in [0.717, 1.165) is 39.1 Å². The number of ether oxygens (including phenoxy) is 2. The zero-order chi connectivity index (χ0) is 9.31. The number of hydrogen-bond donors (Lipinski definition) is 1. The Morgan fingerprint density at radius 2 is 2.15 bits per heavy atom. The molecule has 0 aromatic rings. The van der Waals surface area contributed by atoms with Crippen LogP contribution < -0.4 is 5.73 Å². The fourth-order valence-electron chi connectivity index (χ4n) is 2.66. The highest BCUT2D eigenvalue weighted by Crippen LogP contribution is 2.49. The van der Waals surface area contributed by atoms with Gasteiger partial charge in [0.05, 0.1) is 6.10 Å². The monoisotopic (exact) mass is 185 g/mol. The van der Waals surface area contributed by atoms with Crippen LogP contribution in [0.15, 0.2) is 0 Å². The van der Waals surface area contributed by atoms with Gasteiger partial charge in [-0.05, 0) is 26.2 Å². The Labute approximate surface area is 79.6 Å². The van der Waals surface area contributed by atoms with Gasteiger partial charge in [0.1, 0.15) is 0 Å². The van der Waals surface area contributed by atoms with Crippen molar-refractivity contribution in [1.29, 1.82) is 0 Å². The van der Waals surface area contributed by atoms with Crippen LogP contribution in [0.4, 0.5) is 0 Å². The van der Waals surface area contributed by atoms with E-state index in [0.29, 0.717) is 12.1 Å². The highest BCUT2D eigenvalue weighted by molar-refractivity contribution is 5.07. The molecule has 2 unspecified atom stereocenters. The van der Waals surface area contributed by atoms with Crippen molar-refractivity contribution < 1.29 is 9.47 Å². The second-order valence-electron chi connectivity index (χ2n) is 4.13. The van der Waals surface area contributed by atoms with Gasteiger partial charge in [0.2, 0.25) is 0 Å². The molecule has 1 saturated heterocycles. The molecular weight excluding hydrogens is 166 g/mol. The van der Waals surface area contributed by atoms with Crippen LogP contribution in [0, 0.1) is 5.41 Å². The summed E-state index contributed by atoms with van der Waals surface area (Å²) in [5.41, 5.74) is 6.33. The SMILES string of the molecule is CCOC1CC(N)C12CCOCC2. The van der Waals surface area contributed by atoms with E-state index in [9.17, 15) is 0 Å². The molecule has 2 rings (SSSR count). The molecule has 1 aliphatic carbocycles. The number of hydrogen-bond acceptors (Lipinski definition) is 3. The molecule has 76 valence electrons. The van der Waals surface area contributed by atoms with E-state index in [-0.39, 0.29) is 5.41 Å². The van der Waals surface area contributed by atoms with Gasteiger partial charge in [-0.1, -0.05) is 0 Å². The molecule has 13 heavy (non-hydrogen) atoms. The van der Waals surface area contributed by atoms with Crippen molar-refractivity contribution in [3.05, 3.63) is 0 Å². The lowest BCUT2D eigenvalue weighted by molar-refractivity contribution is -0.164. The molecule has 2 fully saturated rings. The van der Waals surface area contributed by atoms with Gasteiger partial charge in [-0.2, -0.15) is 0 Å². The first-order chi connectivity index (χ1) is 6.29. The van der Waals surface area contributed by atoms with Crippen LogP contribution in [0.3, 0.4) is 0 Å². The summed E-state index contributed by atoms with van der Waals surface area (Å²) in [7, 11) is 0. The van der Waals surface area contributed by atoms with Crippen LogP contribution in [0.1, 0.15) is 26.2 Å². The molecule has 2 aliphatic rings. The Morgan fingerprint density at radius 1 is 1.46 bits per heavy atom. The maximum atomic E-state index is 6.07. The van der Waals surface area contributed by atoms with Gasteiger partial charge in [0.15, 0.2) is 0 Å². The van der Waals surface area contributed by atoms with Gasteiger partial charge < -0.3 is 15.2 Å². The van der Waals surface area contributed by atoms with Crippen LogP contribution >= 0.6 is 0 Å². The Morgan fingerprint density at radius 3 is 2.69 bits per heavy atom. The maximum Gasteiger partial charge on any atom is 0.0662 e. The Hall–Kier alpha value is -0.120. The molecule has 2 N–H and O–H groups in total. The van der Waals surface area contributed by atoms with E-state index in [2.05, 4.69) is 6.92 Å². The third-order valence-electron chi connectivity index (χ3n) is 3.64. The van der Waals surface area contributed by atoms with Crippen molar-refractivity contribution >= 4 is 0 Å². The lowest BCUT2D eigenvalue weighted by atomic mass is 9.58. The van der Waals surface area contributed by atoms with Crippen molar-refractivity contribution in [3.63, 3.8) is 0 Å². The standard InChI is InChI=1S/C10H19NO2/c1-2-13-9-7-8(11)10(9)3-5-12-6-4-10/h8-9H,2-7,11H2,1H3. The highest BCUT2D eigenvalue weighted by Gasteiger charge is 2.54. The predicted molar refractivity (Wildman–Crippen MR) is 50.5 cm³/mol. The van der Waals surface area contributed by atoms with Gasteiger partial charge >= 0.3 is 0 Å². The molecule has 0 amide bonds. The third kappa shape index (κ3) is 1.39. The minimum Gasteiger partial charge on any atom is -0.381 e. The van der Waals surface area contributed by atoms with E-state index >= 15 is 0 Å². The Kier molecular flexibility index (Phi) is 2.58. The molecule has 0 radical (unpaired) electrons. The molecule has 3 nitrogen and oxygen atoms in total. The average Bonchev–Trinajstić information content (AvgIpc) is 2.19. The Bertz CT molecular complexity index is 176. The molecule has 0 bridgehead atoms. The van der Waals surface area contributed by atoms with Gasteiger partial charge in [-0.15, -0.1) is 0 Å². The van der Waals surface area contributed by atoms with Crippen molar-refractivity contribution in [3.8, 4) is 0 Å². The summed E-state index contributed by atoms with van der Waals surface area (Å²) in [4.78, 5) is 0. The van der Waals surface area contributed by atoms with E-state index < -0.39 is 0 Å². The fraction of sp³-hybridized carbons (Fsp3) is 1.00. The molecular formula is C10H19NO2. The molecule has 0 aromatic heterocycles. The summed E-state index contributed by atoms with van der Waals surface area (Å²) in [5.74, 6) is 0. The molecule has 0 aromatic carbocycles. The topological polar surface area (TPSA) is 44.5 Å². The summed E-state index contributed by atoms with van der Waals surface area (Å²) >= 11 is 0. The lowest BCUT2D eigenvalue weighted by Crippen LogP contribution is -2.64. The first-order valence-corrected chi connectivity index (χ1v) is 5.24. The fourth-order valence-corrected chi connectivity index (χ4v) is 2.66. The zero-order valence-corrected chi connectivity index (χ0v) is 8.29. The second-order valence-corrected chi connectivity index (χ2v) is 4.13. The number of rotatable bonds is 2. The minimum absolute atomic E-state index is 0.258. The zero-order valence-electron chi connectivity index (χ0n) is 8.29. The third-order valence-corrected chi connectivity index (χ3v) is 3.64. The summed E-state index contributed by atoms with van der Waals surface area (Å²) in [6.45, 7) is 4.57. The quantitative estimate of drug-likeness (QED) is 0.695. The van der Waals surface area contributed by atoms with E-state index in [1.165, 1.54) is 0 Å². The summed E-state index contributed by atoms with van der Waals surface area (Å²) in [6.07, 6.45) is 3.60. The van der Waals surface area contributed by atoms with Crippen LogP contribution in [-0.4, -0.2) is 32.0 Å². The largest absolute Gasteiger partial charge is 0.381 e. The van der Waals surface area contributed by atoms with Crippen molar-refractivity contribution in [2.24, 2.45) is 11.1 Å². The van der Waals surface area contributed by atoms with Crippen LogP contribution in [-0.2, 0) is 9.47 Å². The van der Waals surface area contributed by atoms with Gasteiger partial charge in [-0.3, -0.25) is 0 Å². The summed E-state index contributed by atoms with van der Waals surface area (Å²) < 4.78 is 11.1. The predicted octanol–water partition coefficient (Wildman–Crippen LogP) is 0.919. The molecule has 1 spiro atoms. The normalized spacial score (nSPS) is 37.4. The van der Waals surface area contributed by atoms with Crippen LogP contribution in [0.2, 0.25) is 0 Å². The molecule has 1 saturated carbocycles. The summed E-state index contributed by atoms with van der Waals surface area (Å²) in [6, 6.07) is 0.341. The lowest BCUT2D eigenvalue weighted by Gasteiger charge is -2.55. The first kappa shape index (κ1) is 9.44. The van der Waals surface area contributed by atoms with E-state index in [1.807, 2.05) is 0 Å². The van der Waals surface area contributed by atoms with Crippen molar-refractivity contribution in [2.75, 3.05) is 19.8 Å². The second kappa shape index (κ2) is 3.56. The highest BCUT2D eigenvalue weighted by atomic mass is 16.5. The average molecular weight is 185 g/mol. The van der Waals surface area contributed by atoms with Crippen molar-refractivity contribution in [2.45, 2.75) is 38.3 Å². The van der Waals surface area contributed by atoms with E-state index in [1.54, 1.807) is 0 Å². The molecule has 3 heteroatoms. The van der Waals surface area contributed by atoms with Gasteiger partial charge in [0, 0.05) is 31.3 Å². The van der Waals surface area contributed by atoms with Gasteiger partial charge in [-0.25, -0.2) is 0 Å². The maximum absolute atomic E-state index is 6.07. The minimum atomic E-state index is 0.258. The summed E-state index contributed by atoms with van der Waals surface area (Å²) in [5, 5.41) is 0. The van der Waals surface area contributed by atoms with Crippen LogP contribution in [0.25, 0.3) is 0 Å². The number of nitrogens with two attached hydrogens (primary N) is 1. The molecule has 2 atom stereocenters. The smallest absolute Gasteiger partial charge is 0.0662 e. The molecule has 1 heterocycles. The first-order valence-electron chi connectivity index (χ1n) is 5.24. The van der Waals surface area contributed by atoms with Crippen molar-refractivity contribution in [1.82, 2.24) is 0 Å². The van der Waals surface area contributed by atoms with Crippen LogP contribution in [0.5, 0.6) is 0 Å². The van der Waals surface area contributed by atoms with Gasteiger partial charge in [0.25, 0.3) is 0 Å². The Balaban J connectivity index is 1.99. The molecule has 1 aliphatic heterocycles. The van der Waals surface area contributed by atoms with E-state index in [4.69, 9.17) is 15.2 Å².